The summed E-state index contributed by atoms with van der Waals surface area (Å²) in [6.45, 7) is 0. The molecule has 8 heteroatoms. The van der Waals surface area contributed by atoms with E-state index >= 15 is 0 Å². The minimum absolute atomic E-state index is 0.236. The molecular weight excluding hydrogens is 315 g/mol. The molecule has 106 valence electrons. The molecule has 19 heavy (non-hydrogen) atoms. The molecule has 0 aliphatic heterocycles. The van der Waals surface area contributed by atoms with Gasteiger partial charge >= 0.3 is 117 Å². The normalized spacial score (nSPS) is 13.8. The molecule has 0 aliphatic rings. The standard InChI is InChI=1S/C11H18N4O3Se/c1-19-3-2-8(12)10(16)18-11(17)9(13)4-7-5-14-6-15-7/h5-6,8-9H,2-4,12-13H2,1H3,(H,14,15)/t8-,9-/m0/s1. The molecule has 1 aromatic rings. The molecule has 1 rings (SSSR count). The first-order valence-corrected chi connectivity index (χ1v) is 8.70. The van der Waals surface area contributed by atoms with E-state index in [1.807, 2.05) is 0 Å². The average Bonchev–Trinajstić information content (AvgIpc) is 2.88. The van der Waals surface area contributed by atoms with E-state index in [9.17, 15) is 9.59 Å². The third-order valence-corrected chi connectivity index (χ3v) is 3.79. The van der Waals surface area contributed by atoms with Gasteiger partial charge in [0, 0.05) is 0 Å². The van der Waals surface area contributed by atoms with Crippen molar-refractivity contribution in [1.82, 2.24) is 9.97 Å². The summed E-state index contributed by atoms with van der Waals surface area (Å²) in [6.07, 6.45) is 3.81. The predicted octanol–water partition coefficient (Wildman–Crippen LogP) is -0.763. The average molecular weight is 333 g/mol. The Balaban J connectivity index is 2.38. The number of rotatable bonds is 7. The van der Waals surface area contributed by atoms with E-state index in [4.69, 9.17) is 11.5 Å². The fraction of sp³-hybridized carbons (Fsp3) is 0.545. The van der Waals surface area contributed by atoms with Gasteiger partial charge in [0.15, 0.2) is 0 Å². The Morgan fingerprint density at radius 2 is 2.11 bits per heavy atom. The van der Waals surface area contributed by atoms with E-state index in [1.165, 1.54) is 6.33 Å². The van der Waals surface area contributed by atoms with Crippen LogP contribution in [0, 0.1) is 0 Å². The van der Waals surface area contributed by atoms with Crippen LogP contribution in [0.4, 0.5) is 0 Å². The summed E-state index contributed by atoms with van der Waals surface area (Å²) in [7, 11) is 0. The van der Waals surface area contributed by atoms with E-state index < -0.39 is 24.0 Å². The summed E-state index contributed by atoms with van der Waals surface area (Å²) in [5, 5.41) is 0.873. The Kier molecular flexibility index (Phi) is 6.72. The molecule has 0 spiro atoms. The van der Waals surface area contributed by atoms with E-state index in [-0.39, 0.29) is 6.42 Å². The second-order valence-electron chi connectivity index (χ2n) is 4.02. The van der Waals surface area contributed by atoms with Crippen LogP contribution in [0.3, 0.4) is 0 Å². The first kappa shape index (κ1) is 15.8. The predicted molar refractivity (Wildman–Crippen MR) is 70.4 cm³/mol. The molecule has 0 unspecified atom stereocenters. The summed E-state index contributed by atoms with van der Waals surface area (Å²) in [6, 6.07) is -1.67. The van der Waals surface area contributed by atoms with Gasteiger partial charge in [0.25, 0.3) is 0 Å². The van der Waals surface area contributed by atoms with Crippen molar-refractivity contribution < 1.29 is 14.3 Å². The summed E-state index contributed by atoms with van der Waals surface area (Å²) in [5.74, 6) is 0.572. The zero-order chi connectivity index (χ0) is 14.3. The minimum atomic E-state index is -0.910. The van der Waals surface area contributed by atoms with Crippen LogP contribution in [0.5, 0.6) is 0 Å². The molecule has 0 saturated heterocycles. The summed E-state index contributed by atoms with van der Waals surface area (Å²) in [4.78, 5) is 29.8. The van der Waals surface area contributed by atoms with Gasteiger partial charge in [-0.15, -0.1) is 0 Å². The molecule has 0 radical (unpaired) electrons. The number of carbonyl (C=O) groups is 2. The molecule has 2 atom stereocenters. The fourth-order valence-corrected chi connectivity index (χ4v) is 2.36. The molecule has 0 saturated carbocycles. The third-order valence-electron chi connectivity index (χ3n) is 2.43. The van der Waals surface area contributed by atoms with Gasteiger partial charge in [-0.1, -0.05) is 0 Å². The number of hydrogen-bond acceptors (Lipinski definition) is 6. The summed E-state index contributed by atoms with van der Waals surface area (Å²) >= 11 is 0.443. The number of aromatic nitrogens is 2. The molecule has 0 fully saturated rings. The van der Waals surface area contributed by atoms with Crippen LogP contribution >= 0.6 is 0 Å². The van der Waals surface area contributed by atoms with Gasteiger partial charge < -0.3 is 0 Å². The number of ether oxygens (including phenoxy) is 1. The van der Waals surface area contributed by atoms with E-state index in [0.717, 1.165) is 5.32 Å². The van der Waals surface area contributed by atoms with Crippen LogP contribution in [-0.4, -0.2) is 48.9 Å². The molecule has 1 aromatic heterocycles. The Bertz CT molecular complexity index is 410. The van der Waals surface area contributed by atoms with Crippen molar-refractivity contribution in [3.05, 3.63) is 18.2 Å². The molecule has 7 nitrogen and oxygen atoms in total. The topological polar surface area (TPSA) is 124 Å². The van der Waals surface area contributed by atoms with E-state index in [0.29, 0.717) is 27.1 Å². The molecule has 0 amide bonds. The van der Waals surface area contributed by atoms with Crippen LogP contribution in [0.25, 0.3) is 0 Å². The third kappa shape index (κ3) is 5.52. The molecule has 0 bridgehead atoms. The van der Waals surface area contributed by atoms with Crippen LogP contribution in [0.15, 0.2) is 12.5 Å². The van der Waals surface area contributed by atoms with E-state index in [1.54, 1.807) is 6.20 Å². The van der Waals surface area contributed by atoms with Crippen molar-refractivity contribution in [2.75, 3.05) is 0 Å². The number of imidazole rings is 1. The molecular formula is C11H18N4O3Se. The maximum atomic E-state index is 11.6. The zero-order valence-corrected chi connectivity index (χ0v) is 12.4. The first-order chi connectivity index (χ1) is 9.04. The van der Waals surface area contributed by atoms with Crippen molar-refractivity contribution in [2.24, 2.45) is 11.5 Å². The number of nitrogens with two attached hydrogens (primary N) is 2. The van der Waals surface area contributed by atoms with Gasteiger partial charge in [-0.2, -0.15) is 0 Å². The fourth-order valence-electron chi connectivity index (χ4n) is 1.33. The van der Waals surface area contributed by atoms with Gasteiger partial charge in [0.05, 0.1) is 0 Å². The van der Waals surface area contributed by atoms with Crippen LogP contribution in [0.2, 0.25) is 11.1 Å². The van der Waals surface area contributed by atoms with Crippen LogP contribution in [-0.2, 0) is 20.7 Å². The maximum absolute atomic E-state index is 11.6. The van der Waals surface area contributed by atoms with Gasteiger partial charge in [-0.3, -0.25) is 0 Å². The number of hydrogen-bond donors (Lipinski definition) is 3. The number of nitrogens with one attached hydrogen (secondary N) is 1. The number of nitrogens with zero attached hydrogens (tertiary/aromatic N) is 1. The van der Waals surface area contributed by atoms with Crippen molar-refractivity contribution in [3.8, 4) is 0 Å². The zero-order valence-electron chi connectivity index (χ0n) is 10.7. The molecule has 0 aliphatic carbocycles. The molecule has 0 aromatic carbocycles. The number of esters is 2. The Labute approximate surface area is 117 Å². The van der Waals surface area contributed by atoms with Crippen molar-refractivity contribution in [3.63, 3.8) is 0 Å². The monoisotopic (exact) mass is 334 g/mol. The van der Waals surface area contributed by atoms with Crippen molar-refractivity contribution in [1.29, 1.82) is 0 Å². The van der Waals surface area contributed by atoms with Gasteiger partial charge in [0.2, 0.25) is 0 Å². The number of carbonyl (C=O) groups excluding carboxylic acids is 2. The first-order valence-electron chi connectivity index (χ1n) is 5.77. The van der Waals surface area contributed by atoms with Gasteiger partial charge in [0.1, 0.15) is 0 Å². The Morgan fingerprint density at radius 1 is 1.42 bits per heavy atom. The van der Waals surface area contributed by atoms with Crippen LogP contribution in [0.1, 0.15) is 12.1 Å². The second-order valence-corrected chi connectivity index (χ2v) is 6.08. The van der Waals surface area contributed by atoms with Crippen molar-refractivity contribution in [2.45, 2.75) is 36.1 Å². The SMILES string of the molecule is C[Se]CC[C@H](N)C(=O)OC(=O)[C@@H](N)Cc1cnc[nH]1. The Morgan fingerprint density at radius 3 is 2.68 bits per heavy atom. The van der Waals surface area contributed by atoms with Gasteiger partial charge in [-0.05, 0) is 0 Å². The quantitative estimate of drug-likeness (QED) is 0.342. The van der Waals surface area contributed by atoms with Crippen molar-refractivity contribution >= 4 is 26.9 Å². The molecule has 5 N–H and O–H groups in total. The van der Waals surface area contributed by atoms with Crippen LogP contribution < -0.4 is 11.5 Å². The number of aromatic amines is 1. The summed E-state index contributed by atoms with van der Waals surface area (Å²) < 4.78 is 4.66. The molecule has 1 heterocycles. The van der Waals surface area contributed by atoms with Gasteiger partial charge in [-0.25, -0.2) is 0 Å². The van der Waals surface area contributed by atoms with E-state index in [2.05, 4.69) is 20.5 Å². The second kappa shape index (κ2) is 8.06. The Hall–Kier alpha value is -1.21. The number of H-pyrrole nitrogens is 1. The summed E-state index contributed by atoms with van der Waals surface area (Å²) in [5.41, 5.74) is 12.0.